The molecule has 1 fully saturated rings. The van der Waals surface area contributed by atoms with E-state index in [1.54, 1.807) is 108 Å². The number of aromatic nitrogens is 10. The number of hydrogen-bond acceptors (Lipinski definition) is 32. The van der Waals surface area contributed by atoms with Crippen molar-refractivity contribution in [3.8, 4) is 0 Å². The minimum atomic E-state index is -2.03. The largest absolute Gasteiger partial charge is 0.481 e. The first-order chi connectivity index (χ1) is 61.8. The van der Waals surface area contributed by atoms with Gasteiger partial charge in [0.2, 0.25) is 7.47 Å². The summed E-state index contributed by atoms with van der Waals surface area (Å²) in [6.45, 7) is 43.9. The molecule has 6 heterocycles. The lowest BCUT2D eigenvalue weighted by Gasteiger charge is -2.34. The zero-order chi connectivity index (χ0) is 101. The Labute approximate surface area is 818 Å². The number of carboxylic acids is 4. The van der Waals surface area contributed by atoms with Crippen LogP contribution < -0.4 is 0 Å². The molecule has 5 aromatic heterocycles. The van der Waals surface area contributed by atoms with Crippen LogP contribution in [0, 0.1) is 0 Å². The van der Waals surface area contributed by atoms with Crippen LogP contribution in [0.3, 0.4) is 0 Å². The fourth-order valence-electron chi connectivity index (χ4n) is 11.6. The number of thioether (sulfide) groups is 4. The van der Waals surface area contributed by atoms with E-state index in [9.17, 15) is 33.6 Å². The lowest BCUT2D eigenvalue weighted by molar-refractivity contribution is -0.197. The number of hydroxylamine groups is 2. The average Bonchev–Trinajstić information content (AvgIpc) is 1.10. The summed E-state index contributed by atoms with van der Waals surface area (Å²) in [5, 5.41) is 58.4. The summed E-state index contributed by atoms with van der Waals surface area (Å²) in [4.78, 5) is 138. The number of rotatable bonds is 54. The Hall–Kier alpha value is -7.22. The second kappa shape index (κ2) is 63.3. The predicted molar refractivity (Wildman–Crippen MR) is 547 cm³/mol. The Morgan fingerprint density at radius 1 is 0.361 bits per heavy atom. The maximum atomic E-state index is 12.0. The summed E-state index contributed by atoms with van der Waals surface area (Å²) in [5.74, 6) is -3.11. The molecule has 734 valence electrons. The van der Waals surface area contributed by atoms with Gasteiger partial charge in [0, 0.05) is 153 Å². The van der Waals surface area contributed by atoms with E-state index in [4.69, 9.17) is 91.5 Å². The smallest absolute Gasteiger partial charge is 0.333 e. The number of nitrogens with zero attached hydrogens (tertiary/aromatic N) is 26. The monoisotopic (exact) mass is 2150 g/mol. The van der Waals surface area contributed by atoms with Crippen LogP contribution >= 0.6 is 80.4 Å². The van der Waals surface area contributed by atoms with Gasteiger partial charge in [0.1, 0.15) is 5.82 Å². The van der Waals surface area contributed by atoms with Crippen molar-refractivity contribution >= 4 is 203 Å². The first-order valence-electron chi connectivity index (χ1n) is 42.2. The van der Waals surface area contributed by atoms with Gasteiger partial charge in [-0.05, 0) is 223 Å². The Morgan fingerprint density at radius 3 is 0.857 bits per heavy atom. The molecule has 2 amide bonds. The molecule has 4 N–H and O–H groups in total. The molecule has 133 heavy (non-hydrogen) atoms. The number of halogens is 2. The Morgan fingerprint density at radius 2 is 0.602 bits per heavy atom. The van der Waals surface area contributed by atoms with Crippen LogP contribution in [0.2, 0.25) is 161 Å². The van der Waals surface area contributed by atoms with Gasteiger partial charge in [-0.15, -0.1) is 16.3 Å². The van der Waals surface area contributed by atoms with Gasteiger partial charge >= 0.3 is 29.8 Å². The van der Waals surface area contributed by atoms with Crippen LogP contribution in [0.4, 0.5) is 0 Å². The Bertz CT molecular complexity index is 4590. The lowest BCUT2D eigenvalue weighted by atomic mass is 10.3. The van der Waals surface area contributed by atoms with E-state index in [2.05, 4.69) is 218 Å². The second-order valence-corrected chi connectivity index (χ2v) is 93.7. The number of aliphatic carboxylic acids is 4. The van der Waals surface area contributed by atoms with Crippen molar-refractivity contribution < 1.29 is 75.3 Å². The number of imide groups is 1. The standard InChI is InChI=1S/C18H28N6O5SSi2.C16H24N10OS2Si2.C14H25N5O3SSi2.C12H26O5Si2.C8H12ClN5SSi.C6H13ClO2Si/c1-31(2,9-5-6-17(27)28-24-15(25)7-8-16(24)26)29-32(3,4)13-30-18-20-10-14(11-21-18)12-22-23-19;1-30(2,12-28-16-21-7-14(8-22-16)10-24-26-18)27-31(3,4)29-11-15-19-5-13(6-20-15)9-23-25-17;1-24(2,7-5-6-13(20)21)22-25(3,4)11-23-14-16-8-12(9-17-14)10-18-19-15;1-18(2,9-5-7-11(13)14)17-19(3,4)10-6-8-12(15)16;1-16(2,9)6-15-8-11-3-7(4-12-8)5-13-14-10;1-10(2,7)5-3-4-6(8)9/h10-11H,5-9,12-13H2,1-4H3;5-8H,9-12H2,1-4H3;8-9H,5-7,10-11H2,1-4H3,(H,20,21);5-10H2,1-4H3,(H,13,14)(H,15,16);3-4H,5-6H2,1-2H3;3-5H2,1-2H3,(H,8,9). The first kappa shape index (κ1) is 124. The van der Waals surface area contributed by atoms with E-state index >= 15 is 0 Å². The van der Waals surface area contributed by atoms with Crippen LogP contribution in [0.5, 0.6) is 0 Å². The molecule has 5 aromatic rings. The molecule has 0 saturated carbocycles. The fraction of sp³-hybridized carbons (Fsp3) is 0.635. The molecule has 0 aromatic carbocycles. The van der Waals surface area contributed by atoms with Gasteiger partial charge in [-0.1, -0.05) is 98.8 Å². The zero-order valence-corrected chi connectivity index (χ0v) is 95.1. The van der Waals surface area contributed by atoms with E-state index in [1.165, 1.54) is 11.8 Å². The fourth-order valence-corrected chi connectivity index (χ4v) is 58.3. The summed E-state index contributed by atoms with van der Waals surface area (Å²) in [6, 6.07) is 4.19. The van der Waals surface area contributed by atoms with E-state index in [0.717, 1.165) is 91.8 Å². The van der Waals surface area contributed by atoms with Crippen molar-refractivity contribution in [2.24, 2.45) is 25.6 Å². The molecule has 42 nitrogen and oxygen atoms in total. The molecule has 0 unspecified atom stereocenters. The molecular formula is C74H128Cl2N26O16S5Si10. The van der Waals surface area contributed by atoms with Crippen LogP contribution in [-0.2, 0) is 93.3 Å². The third-order valence-corrected chi connectivity index (χ3v) is 63.4. The molecule has 6 rings (SSSR count). The van der Waals surface area contributed by atoms with E-state index in [0.29, 0.717) is 57.1 Å². The van der Waals surface area contributed by atoms with Crippen LogP contribution in [0.1, 0.15) is 111 Å². The van der Waals surface area contributed by atoms with Gasteiger partial charge in [-0.25, -0.2) is 54.6 Å². The van der Waals surface area contributed by atoms with Crippen molar-refractivity contribution in [3.05, 3.63) is 148 Å². The number of carbonyl (C=O) groups is 7. The van der Waals surface area contributed by atoms with E-state index in [-0.39, 0.29) is 77.7 Å². The average molecular weight is 2150 g/mol. The summed E-state index contributed by atoms with van der Waals surface area (Å²) in [6.07, 6.45) is 21.2. The van der Waals surface area contributed by atoms with Gasteiger partial charge in [0.15, 0.2) is 93.6 Å². The van der Waals surface area contributed by atoms with Crippen molar-refractivity contribution in [1.29, 1.82) is 0 Å². The highest BCUT2D eigenvalue weighted by Gasteiger charge is 2.39. The highest BCUT2D eigenvalue weighted by molar-refractivity contribution is 8.27. The van der Waals surface area contributed by atoms with Crippen molar-refractivity contribution in [1.82, 2.24) is 54.9 Å². The summed E-state index contributed by atoms with van der Waals surface area (Å²) < 4.78 is 25.9. The van der Waals surface area contributed by atoms with Crippen molar-refractivity contribution in [3.63, 3.8) is 0 Å². The van der Waals surface area contributed by atoms with Crippen molar-refractivity contribution in [2.75, 3.05) is 21.5 Å². The van der Waals surface area contributed by atoms with Gasteiger partial charge in [0.25, 0.3) is 11.8 Å². The number of carboxylic acid groups (broad SMARTS) is 4. The predicted octanol–water partition coefficient (Wildman–Crippen LogP) is 22.1. The second-order valence-electron chi connectivity index (χ2n) is 35.8. The van der Waals surface area contributed by atoms with E-state index in [1.807, 2.05) is 13.1 Å². The molecule has 0 spiro atoms. The molecule has 0 aliphatic carbocycles. The van der Waals surface area contributed by atoms with Gasteiger partial charge in [0.05, 0.1) is 38.5 Å². The summed E-state index contributed by atoms with van der Waals surface area (Å²) in [5.41, 5.74) is 45.5. The van der Waals surface area contributed by atoms with Crippen LogP contribution in [0.25, 0.3) is 52.2 Å². The number of azide groups is 5. The summed E-state index contributed by atoms with van der Waals surface area (Å²) >= 11 is 20.2. The van der Waals surface area contributed by atoms with Crippen molar-refractivity contribution in [2.45, 2.75) is 297 Å². The Balaban J connectivity index is 0.000000824. The minimum Gasteiger partial charge on any atom is -0.481 e. The molecular weight excluding hydrogens is 2020 g/mol. The molecule has 1 aliphatic heterocycles. The molecule has 0 atom stereocenters. The van der Waals surface area contributed by atoms with Gasteiger partial charge < -0.3 is 41.7 Å². The van der Waals surface area contributed by atoms with E-state index < -0.39 is 122 Å². The normalized spacial score (nSPS) is 12.3. The first-order valence-corrected chi connectivity index (χ1v) is 81.0. The molecule has 1 aliphatic rings. The third-order valence-electron chi connectivity index (χ3n) is 17.0. The third kappa shape index (κ3) is 66.0. The number of amides is 2. The zero-order valence-electron chi connectivity index (χ0n) is 79.5. The topological polar surface area (TPSA) is 623 Å². The van der Waals surface area contributed by atoms with Gasteiger partial charge in [-0.3, -0.25) is 28.8 Å². The maximum absolute atomic E-state index is 12.0. The molecule has 59 heteroatoms. The molecule has 0 radical (unpaired) electrons. The highest BCUT2D eigenvalue weighted by atomic mass is 35.6. The quantitative estimate of drug-likeness (QED) is 0.00410. The minimum absolute atomic E-state index is 0.0859. The SMILES string of the molecule is C[Si](C)(CCCC(=O)O)O[Si](C)(C)CCCC(=O)O.C[Si](C)(CCCC(=O)O)O[Si](C)(C)CSc1ncc(CN=[N+]=[N-])cn1.C[Si](C)(CCCC(=O)ON1C(=O)CCC1=O)O[Si](C)(C)CSc1ncc(CN=[N+]=[N-])cn1.C[Si](C)(CSc1ncc(CN=[N+]=[N-])cn1)O[Si](C)(C)SCc1ncc(CN=[N+]=[N-])cn1.C[Si](C)(Cl)CCCC(=O)O.C[Si](C)(Cl)CSc1ncc(CN=[N+]=[N-])cn1. The number of hydrogen-bond donors (Lipinski definition) is 4. The molecule has 0 bridgehead atoms. The van der Waals surface area contributed by atoms with Crippen LogP contribution in [-0.4, -0.2) is 219 Å². The molecule has 1 saturated heterocycles. The van der Waals surface area contributed by atoms with Gasteiger partial charge in [-0.2, -0.15) is 22.2 Å². The Kier molecular flexibility index (Phi) is 58.9. The maximum Gasteiger partial charge on any atom is 0.333 e. The van der Waals surface area contributed by atoms with Crippen LogP contribution in [0.15, 0.2) is 108 Å². The summed E-state index contributed by atoms with van der Waals surface area (Å²) in [7, 11) is -18.5. The highest BCUT2D eigenvalue weighted by Crippen LogP contribution is 2.33. The lowest BCUT2D eigenvalue weighted by Crippen LogP contribution is -2.46. The number of carbonyl (C=O) groups excluding carboxylic acids is 3.